The number of carboxylic acids is 1. The van der Waals surface area contributed by atoms with Crippen LogP contribution < -0.4 is 9.64 Å². The lowest BCUT2D eigenvalue weighted by molar-refractivity contribution is 0.0690. The monoisotopic (exact) mass is 386 g/mol. The molecule has 0 radical (unpaired) electrons. The number of aromatic carboxylic acids is 1. The van der Waals surface area contributed by atoms with Crippen LogP contribution in [0.3, 0.4) is 0 Å². The van der Waals surface area contributed by atoms with Gasteiger partial charge < -0.3 is 14.7 Å². The third kappa shape index (κ3) is 3.84. The molecule has 7 nitrogen and oxygen atoms in total. The van der Waals surface area contributed by atoms with Crippen molar-refractivity contribution < 1.29 is 14.6 Å². The molecule has 0 unspecified atom stereocenters. The molecular weight excluding hydrogens is 368 g/mol. The minimum Gasteiger partial charge on any atom is -0.477 e. The summed E-state index contributed by atoms with van der Waals surface area (Å²) >= 11 is 0. The van der Waals surface area contributed by atoms with E-state index in [0.29, 0.717) is 17.3 Å². The Kier molecular flexibility index (Phi) is 4.78. The molecule has 0 aliphatic carbocycles. The Bertz CT molecular complexity index is 1190. The van der Waals surface area contributed by atoms with E-state index in [0.717, 1.165) is 22.4 Å². The number of rotatable bonds is 5. The molecule has 144 valence electrons. The topological polar surface area (TPSA) is 88.4 Å². The van der Waals surface area contributed by atoms with Crippen molar-refractivity contribution in [1.82, 2.24) is 15.0 Å². The molecule has 0 amide bonds. The summed E-state index contributed by atoms with van der Waals surface area (Å²) in [6.45, 7) is 1.87. The van der Waals surface area contributed by atoms with E-state index >= 15 is 0 Å². The molecular formula is C22H18N4O3. The smallest absolute Gasteiger partial charge is 0.354 e. The summed E-state index contributed by atoms with van der Waals surface area (Å²) in [5.41, 5.74) is 1.75. The van der Waals surface area contributed by atoms with Crippen molar-refractivity contribution in [2.24, 2.45) is 0 Å². The van der Waals surface area contributed by atoms with E-state index in [1.165, 1.54) is 12.3 Å². The van der Waals surface area contributed by atoms with Gasteiger partial charge in [0.15, 0.2) is 0 Å². The van der Waals surface area contributed by atoms with Gasteiger partial charge in [0.05, 0.1) is 11.7 Å². The number of hydrogen-bond donors (Lipinski definition) is 1. The van der Waals surface area contributed by atoms with Crippen molar-refractivity contribution in [2.45, 2.75) is 6.92 Å². The first kappa shape index (κ1) is 18.4. The fourth-order valence-corrected chi connectivity index (χ4v) is 3.01. The van der Waals surface area contributed by atoms with Gasteiger partial charge in [0.2, 0.25) is 0 Å². The second-order valence-electron chi connectivity index (χ2n) is 6.45. The van der Waals surface area contributed by atoms with Crippen molar-refractivity contribution in [3.63, 3.8) is 0 Å². The van der Waals surface area contributed by atoms with Crippen LogP contribution in [0.4, 0.5) is 11.5 Å². The molecule has 29 heavy (non-hydrogen) atoms. The Labute approximate surface area is 167 Å². The quantitative estimate of drug-likeness (QED) is 0.536. The van der Waals surface area contributed by atoms with Crippen LogP contribution in [-0.2, 0) is 0 Å². The Hall–Kier alpha value is -4.00. The number of anilines is 2. The Morgan fingerprint density at radius 2 is 1.83 bits per heavy atom. The summed E-state index contributed by atoms with van der Waals surface area (Å²) in [5.74, 6) is 1.49. The number of carboxylic acid groups (broad SMARTS) is 1. The maximum Gasteiger partial charge on any atom is 0.354 e. The van der Waals surface area contributed by atoms with E-state index in [1.54, 1.807) is 6.07 Å². The van der Waals surface area contributed by atoms with Gasteiger partial charge in [-0.05, 0) is 43.3 Å². The van der Waals surface area contributed by atoms with Crippen LogP contribution in [0, 0.1) is 6.92 Å². The van der Waals surface area contributed by atoms with Crippen LogP contribution in [0.2, 0.25) is 0 Å². The normalized spacial score (nSPS) is 10.7. The van der Waals surface area contributed by atoms with E-state index in [2.05, 4.69) is 15.0 Å². The fraction of sp³-hybridized carbons (Fsp3) is 0.0909. The summed E-state index contributed by atoms with van der Waals surface area (Å²) in [7, 11) is 1.94. The summed E-state index contributed by atoms with van der Waals surface area (Å²) in [4.78, 5) is 25.9. The molecule has 0 aliphatic heterocycles. The summed E-state index contributed by atoms with van der Waals surface area (Å²) in [5, 5.41) is 9.91. The highest BCUT2D eigenvalue weighted by molar-refractivity contribution is 5.91. The van der Waals surface area contributed by atoms with Crippen LogP contribution in [0.1, 0.15) is 16.3 Å². The predicted molar refractivity (Wildman–Crippen MR) is 110 cm³/mol. The number of fused-ring (bicyclic) bond motifs is 1. The lowest BCUT2D eigenvalue weighted by Gasteiger charge is -2.21. The number of para-hydroxylation sites is 1. The Morgan fingerprint density at radius 1 is 1.00 bits per heavy atom. The molecule has 2 aromatic carbocycles. The maximum absolute atomic E-state index is 10.9. The van der Waals surface area contributed by atoms with Gasteiger partial charge in [-0.15, -0.1) is 0 Å². The van der Waals surface area contributed by atoms with E-state index in [9.17, 15) is 4.79 Å². The van der Waals surface area contributed by atoms with Crippen LogP contribution in [0.25, 0.3) is 10.9 Å². The van der Waals surface area contributed by atoms with Crippen molar-refractivity contribution in [1.29, 1.82) is 0 Å². The van der Waals surface area contributed by atoms with Gasteiger partial charge >= 0.3 is 5.97 Å². The lowest BCUT2D eigenvalue weighted by atomic mass is 10.2. The first-order valence-electron chi connectivity index (χ1n) is 8.95. The number of nitrogens with zero attached hydrogens (tertiary/aromatic N) is 4. The SMILES string of the molecule is Cc1nc(N(C)c2cccc(Oc3ccc(C(=O)O)nc3)c2)c2ccccc2n1. The summed E-state index contributed by atoms with van der Waals surface area (Å²) in [6, 6.07) is 18.4. The van der Waals surface area contributed by atoms with Gasteiger partial charge in [0, 0.05) is 24.2 Å². The average Bonchev–Trinajstić information content (AvgIpc) is 2.73. The number of pyridine rings is 1. The van der Waals surface area contributed by atoms with Crippen LogP contribution in [-0.4, -0.2) is 33.1 Å². The molecule has 2 aromatic heterocycles. The number of ether oxygens (including phenoxy) is 1. The molecule has 4 aromatic rings. The number of aromatic nitrogens is 3. The van der Waals surface area contributed by atoms with E-state index < -0.39 is 5.97 Å². The zero-order valence-corrected chi connectivity index (χ0v) is 15.9. The second-order valence-corrected chi connectivity index (χ2v) is 6.45. The molecule has 7 heteroatoms. The predicted octanol–water partition coefficient (Wildman–Crippen LogP) is 4.59. The van der Waals surface area contributed by atoms with Crippen molar-refractivity contribution in [3.8, 4) is 11.5 Å². The van der Waals surface area contributed by atoms with Crippen molar-refractivity contribution in [2.75, 3.05) is 11.9 Å². The van der Waals surface area contributed by atoms with Crippen LogP contribution in [0.15, 0.2) is 66.9 Å². The minimum atomic E-state index is -1.08. The zero-order chi connectivity index (χ0) is 20.4. The lowest BCUT2D eigenvalue weighted by Crippen LogP contribution is -2.13. The van der Waals surface area contributed by atoms with Crippen LogP contribution >= 0.6 is 0 Å². The van der Waals surface area contributed by atoms with Crippen LogP contribution in [0.5, 0.6) is 11.5 Å². The molecule has 2 heterocycles. The molecule has 4 rings (SSSR count). The number of hydrogen-bond acceptors (Lipinski definition) is 6. The molecule has 0 aliphatic rings. The molecule has 0 fully saturated rings. The highest BCUT2D eigenvalue weighted by Crippen LogP contribution is 2.31. The number of benzene rings is 2. The van der Waals surface area contributed by atoms with E-state index in [-0.39, 0.29) is 5.69 Å². The van der Waals surface area contributed by atoms with E-state index in [4.69, 9.17) is 9.84 Å². The Balaban J connectivity index is 1.64. The Morgan fingerprint density at radius 3 is 2.59 bits per heavy atom. The van der Waals surface area contributed by atoms with Gasteiger partial charge in [-0.25, -0.2) is 19.7 Å². The molecule has 0 atom stereocenters. The molecule has 1 N–H and O–H groups in total. The molecule has 0 saturated carbocycles. The zero-order valence-electron chi connectivity index (χ0n) is 15.9. The second kappa shape index (κ2) is 7.55. The number of carbonyl (C=O) groups is 1. The number of aryl methyl sites for hydroxylation is 1. The van der Waals surface area contributed by atoms with Gasteiger partial charge in [-0.1, -0.05) is 18.2 Å². The first-order chi connectivity index (χ1) is 14.0. The first-order valence-corrected chi connectivity index (χ1v) is 8.95. The molecule has 0 spiro atoms. The molecule has 0 saturated heterocycles. The standard InChI is InChI=1S/C22H18N4O3/c1-14-24-19-9-4-3-8-18(19)21(25-14)26(2)15-6-5-7-16(12-15)29-17-10-11-20(22(27)28)23-13-17/h3-13H,1-2H3,(H,27,28). The third-order valence-corrected chi connectivity index (χ3v) is 4.41. The van der Waals surface area contributed by atoms with Crippen molar-refractivity contribution in [3.05, 3.63) is 78.4 Å². The van der Waals surface area contributed by atoms with Gasteiger partial charge in [0.25, 0.3) is 0 Å². The third-order valence-electron chi connectivity index (χ3n) is 4.41. The fourth-order valence-electron chi connectivity index (χ4n) is 3.01. The highest BCUT2D eigenvalue weighted by Gasteiger charge is 2.13. The van der Waals surface area contributed by atoms with Gasteiger partial charge in [-0.3, -0.25) is 0 Å². The average molecular weight is 386 g/mol. The summed E-state index contributed by atoms with van der Waals surface area (Å²) < 4.78 is 5.84. The highest BCUT2D eigenvalue weighted by atomic mass is 16.5. The summed E-state index contributed by atoms with van der Waals surface area (Å²) in [6.07, 6.45) is 1.39. The maximum atomic E-state index is 10.9. The van der Waals surface area contributed by atoms with Gasteiger partial charge in [-0.2, -0.15) is 0 Å². The largest absolute Gasteiger partial charge is 0.477 e. The molecule has 0 bridgehead atoms. The van der Waals surface area contributed by atoms with E-state index in [1.807, 2.05) is 67.4 Å². The van der Waals surface area contributed by atoms with Crippen molar-refractivity contribution >= 4 is 28.4 Å². The minimum absolute atomic E-state index is 0.0307. The van der Waals surface area contributed by atoms with Gasteiger partial charge in [0.1, 0.15) is 28.8 Å².